The van der Waals surface area contributed by atoms with Crippen molar-refractivity contribution in [3.8, 4) is 5.75 Å². The lowest BCUT2D eigenvalue weighted by Gasteiger charge is -2.19. The standard InChI is InChI=1S/C13H18N4O3/c1-13(2,3)20-12(18)15-8-9-19-11-6-4-10(5-7-11)16-17-14/h4-7H,8-9H2,1-3H3,(H,15,18). The van der Waals surface area contributed by atoms with Crippen LogP contribution in [-0.4, -0.2) is 24.8 Å². The number of rotatable bonds is 5. The first-order valence-electron chi connectivity index (χ1n) is 6.15. The van der Waals surface area contributed by atoms with Crippen LogP contribution in [-0.2, 0) is 4.74 Å². The number of azide groups is 1. The molecular formula is C13H18N4O3. The van der Waals surface area contributed by atoms with Crippen LogP contribution in [0.5, 0.6) is 5.75 Å². The molecule has 0 atom stereocenters. The van der Waals surface area contributed by atoms with Gasteiger partial charge in [0.25, 0.3) is 0 Å². The summed E-state index contributed by atoms with van der Waals surface area (Å²) in [5, 5.41) is 6.04. The van der Waals surface area contributed by atoms with Gasteiger partial charge in [-0.3, -0.25) is 0 Å². The molecule has 0 aromatic heterocycles. The fraction of sp³-hybridized carbons (Fsp3) is 0.462. The Hall–Kier alpha value is -2.40. The first-order valence-corrected chi connectivity index (χ1v) is 6.15. The van der Waals surface area contributed by atoms with Crippen LogP contribution in [0.1, 0.15) is 20.8 Å². The van der Waals surface area contributed by atoms with E-state index in [0.29, 0.717) is 24.6 Å². The lowest BCUT2D eigenvalue weighted by Crippen LogP contribution is -2.34. The summed E-state index contributed by atoms with van der Waals surface area (Å²) in [6.07, 6.45) is -0.472. The average Bonchev–Trinajstić information content (AvgIpc) is 2.35. The molecule has 1 aromatic rings. The maximum atomic E-state index is 11.4. The molecule has 0 heterocycles. The van der Waals surface area contributed by atoms with E-state index in [1.807, 2.05) is 0 Å². The number of nitrogens with zero attached hydrogens (tertiary/aromatic N) is 3. The van der Waals surface area contributed by atoms with Crippen molar-refractivity contribution in [3.05, 3.63) is 34.7 Å². The first kappa shape index (κ1) is 15.7. The summed E-state index contributed by atoms with van der Waals surface area (Å²) < 4.78 is 10.5. The third-order valence-electron chi connectivity index (χ3n) is 2.04. The summed E-state index contributed by atoms with van der Waals surface area (Å²) in [5.41, 5.74) is 8.28. The summed E-state index contributed by atoms with van der Waals surface area (Å²) >= 11 is 0. The maximum Gasteiger partial charge on any atom is 0.407 e. The Morgan fingerprint density at radius 3 is 2.55 bits per heavy atom. The highest BCUT2D eigenvalue weighted by molar-refractivity contribution is 5.67. The van der Waals surface area contributed by atoms with Gasteiger partial charge in [-0.05, 0) is 50.6 Å². The smallest absolute Gasteiger partial charge is 0.407 e. The van der Waals surface area contributed by atoms with Crippen LogP contribution in [0.2, 0.25) is 0 Å². The minimum atomic E-state index is -0.512. The number of nitrogens with one attached hydrogen (secondary N) is 1. The molecule has 0 bridgehead atoms. The van der Waals surface area contributed by atoms with Crippen molar-refractivity contribution in [2.75, 3.05) is 13.2 Å². The van der Waals surface area contributed by atoms with Gasteiger partial charge < -0.3 is 14.8 Å². The van der Waals surface area contributed by atoms with Crippen molar-refractivity contribution in [1.82, 2.24) is 5.32 Å². The summed E-state index contributed by atoms with van der Waals surface area (Å²) in [7, 11) is 0. The summed E-state index contributed by atoms with van der Waals surface area (Å²) in [6.45, 7) is 6.06. The van der Waals surface area contributed by atoms with Gasteiger partial charge in [-0.2, -0.15) is 0 Å². The van der Waals surface area contributed by atoms with Gasteiger partial charge in [-0.25, -0.2) is 4.79 Å². The van der Waals surface area contributed by atoms with Gasteiger partial charge in [-0.15, -0.1) is 0 Å². The van der Waals surface area contributed by atoms with Crippen LogP contribution < -0.4 is 10.1 Å². The molecule has 0 saturated heterocycles. The molecule has 0 aliphatic rings. The van der Waals surface area contributed by atoms with Gasteiger partial charge in [0.1, 0.15) is 18.0 Å². The summed E-state index contributed by atoms with van der Waals surface area (Å²) in [5.74, 6) is 0.632. The SMILES string of the molecule is CC(C)(C)OC(=O)NCCOc1ccc(N=[N+]=[N-])cc1. The van der Waals surface area contributed by atoms with Crippen LogP contribution in [0, 0.1) is 0 Å². The minimum absolute atomic E-state index is 0.320. The number of amides is 1. The van der Waals surface area contributed by atoms with E-state index in [1.165, 1.54) is 0 Å². The Bertz CT molecular complexity index is 487. The van der Waals surface area contributed by atoms with E-state index >= 15 is 0 Å². The van der Waals surface area contributed by atoms with E-state index in [0.717, 1.165) is 0 Å². The molecule has 1 aromatic carbocycles. The topological polar surface area (TPSA) is 96.3 Å². The number of hydrogen-bond acceptors (Lipinski definition) is 4. The Morgan fingerprint density at radius 2 is 2.00 bits per heavy atom. The molecule has 0 saturated carbocycles. The first-order chi connectivity index (χ1) is 9.40. The highest BCUT2D eigenvalue weighted by Gasteiger charge is 2.15. The second kappa shape index (κ2) is 7.25. The fourth-order valence-corrected chi connectivity index (χ4v) is 1.30. The van der Waals surface area contributed by atoms with Gasteiger partial charge in [0, 0.05) is 10.6 Å². The number of alkyl carbamates (subject to hydrolysis) is 1. The van der Waals surface area contributed by atoms with Crippen LogP contribution in [0.15, 0.2) is 29.4 Å². The molecule has 7 heteroatoms. The zero-order chi connectivity index (χ0) is 15.0. The van der Waals surface area contributed by atoms with Gasteiger partial charge in [-0.1, -0.05) is 5.11 Å². The second-order valence-corrected chi connectivity index (χ2v) is 4.96. The highest BCUT2D eigenvalue weighted by atomic mass is 16.6. The van der Waals surface area contributed by atoms with E-state index < -0.39 is 11.7 Å². The van der Waals surface area contributed by atoms with Crippen LogP contribution in [0.25, 0.3) is 10.4 Å². The highest BCUT2D eigenvalue weighted by Crippen LogP contribution is 2.17. The Balaban J connectivity index is 2.27. The van der Waals surface area contributed by atoms with Crippen molar-refractivity contribution in [2.45, 2.75) is 26.4 Å². The fourth-order valence-electron chi connectivity index (χ4n) is 1.30. The molecule has 1 rings (SSSR count). The molecule has 7 nitrogen and oxygen atoms in total. The lowest BCUT2D eigenvalue weighted by molar-refractivity contribution is 0.0520. The number of ether oxygens (including phenoxy) is 2. The van der Waals surface area contributed by atoms with E-state index in [-0.39, 0.29) is 0 Å². The number of hydrogen-bond donors (Lipinski definition) is 1. The Morgan fingerprint density at radius 1 is 1.35 bits per heavy atom. The summed E-state index contributed by atoms with van der Waals surface area (Å²) in [4.78, 5) is 14.0. The molecule has 0 spiro atoms. The van der Waals surface area contributed by atoms with Crippen LogP contribution >= 0.6 is 0 Å². The monoisotopic (exact) mass is 278 g/mol. The number of carbonyl (C=O) groups excluding carboxylic acids is 1. The molecule has 1 amide bonds. The molecule has 20 heavy (non-hydrogen) atoms. The Kier molecular flexibility index (Phi) is 5.68. The molecule has 0 radical (unpaired) electrons. The maximum absolute atomic E-state index is 11.4. The number of carbonyl (C=O) groups is 1. The van der Waals surface area contributed by atoms with E-state index in [2.05, 4.69) is 15.3 Å². The second-order valence-electron chi connectivity index (χ2n) is 4.96. The third-order valence-corrected chi connectivity index (χ3v) is 2.04. The average molecular weight is 278 g/mol. The molecule has 0 fully saturated rings. The van der Waals surface area contributed by atoms with Crippen LogP contribution in [0.3, 0.4) is 0 Å². The van der Waals surface area contributed by atoms with E-state index in [4.69, 9.17) is 15.0 Å². The molecule has 108 valence electrons. The Labute approximate surface area is 117 Å². The zero-order valence-electron chi connectivity index (χ0n) is 11.8. The third kappa shape index (κ3) is 6.51. The van der Waals surface area contributed by atoms with Crippen molar-refractivity contribution >= 4 is 11.8 Å². The van der Waals surface area contributed by atoms with E-state index in [9.17, 15) is 4.79 Å². The van der Waals surface area contributed by atoms with E-state index in [1.54, 1.807) is 45.0 Å². The summed E-state index contributed by atoms with van der Waals surface area (Å²) in [6, 6.07) is 6.68. The van der Waals surface area contributed by atoms with Gasteiger partial charge in [0.05, 0.1) is 6.54 Å². The van der Waals surface area contributed by atoms with Gasteiger partial charge >= 0.3 is 6.09 Å². The quantitative estimate of drug-likeness (QED) is 0.386. The van der Waals surface area contributed by atoms with Gasteiger partial charge in [0.15, 0.2) is 0 Å². The van der Waals surface area contributed by atoms with Crippen molar-refractivity contribution in [3.63, 3.8) is 0 Å². The minimum Gasteiger partial charge on any atom is -0.492 e. The molecule has 0 unspecified atom stereocenters. The van der Waals surface area contributed by atoms with Crippen molar-refractivity contribution < 1.29 is 14.3 Å². The predicted octanol–water partition coefficient (Wildman–Crippen LogP) is 3.53. The molecule has 0 aliphatic heterocycles. The lowest BCUT2D eigenvalue weighted by atomic mass is 10.2. The van der Waals surface area contributed by atoms with Crippen molar-refractivity contribution in [1.29, 1.82) is 0 Å². The predicted molar refractivity (Wildman–Crippen MR) is 75.0 cm³/mol. The van der Waals surface area contributed by atoms with Crippen molar-refractivity contribution in [2.24, 2.45) is 5.11 Å². The number of benzene rings is 1. The van der Waals surface area contributed by atoms with Crippen LogP contribution in [0.4, 0.5) is 10.5 Å². The normalized spacial score (nSPS) is 10.3. The van der Waals surface area contributed by atoms with Gasteiger partial charge in [0.2, 0.25) is 0 Å². The zero-order valence-corrected chi connectivity index (χ0v) is 11.8. The molecule has 1 N–H and O–H groups in total. The molecular weight excluding hydrogens is 260 g/mol. The largest absolute Gasteiger partial charge is 0.492 e. The molecule has 0 aliphatic carbocycles.